The highest BCUT2D eigenvalue weighted by molar-refractivity contribution is 9.10. The number of methoxy groups -OCH3 is 1. The van der Waals surface area contributed by atoms with E-state index in [9.17, 15) is 9.59 Å². The zero-order chi connectivity index (χ0) is 18.3. The summed E-state index contributed by atoms with van der Waals surface area (Å²) >= 11 is 4.66. The van der Waals surface area contributed by atoms with E-state index in [2.05, 4.69) is 21.0 Å². The smallest absolute Gasteiger partial charge is 0.437 e. The van der Waals surface area contributed by atoms with Crippen LogP contribution in [0.3, 0.4) is 0 Å². The van der Waals surface area contributed by atoms with E-state index in [-0.39, 0.29) is 25.0 Å². The van der Waals surface area contributed by atoms with Crippen LogP contribution in [0.4, 0.5) is 0 Å². The van der Waals surface area contributed by atoms with Crippen molar-refractivity contribution >= 4 is 33.0 Å². The van der Waals surface area contributed by atoms with Crippen LogP contribution >= 0.6 is 27.3 Å². The van der Waals surface area contributed by atoms with Crippen molar-refractivity contribution in [3.05, 3.63) is 44.2 Å². The molecule has 0 saturated heterocycles. The van der Waals surface area contributed by atoms with Gasteiger partial charge in [-0.25, -0.2) is 4.79 Å². The van der Waals surface area contributed by atoms with Gasteiger partial charge in [0.25, 0.3) is 5.89 Å². The number of Topliss-reactive ketones (excluding diaryl/α,β-unsaturated/α-hetero) is 1. The molecule has 4 rings (SSSR count). The Balaban J connectivity index is 1.60. The predicted octanol–water partition coefficient (Wildman–Crippen LogP) is 2.95. The summed E-state index contributed by atoms with van der Waals surface area (Å²) in [4.78, 5) is 25.1. The lowest BCUT2D eigenvalue weighted by atomic mass is 10.1. The number of ketones is 1. The summed E-state index contributed by atoms with van der Waals surface area (Å²) in [5.74, 6) is 0.673. The molecule has 3 aromatic rings. The van der Waals surface area contributed by atoms with Gasteiger partial charge in [0.15, 0.2) is 23.0 Å². The van der Waals surface area contributed by atoms with E-state index >= 15 is 0 Å². The molecule has 134 valence electrons. The van der Waals surface area contributed by atoms with Crippen molar-refractivity contribution in [2.45, 2.75) is 6.54 Å². The number of nitrogens with zero attached hydrogens (tertiary/aromatic N) is 2. The topological polar surface area (TPSA) is 92.8 Å². The SMILES string of the molecule is COc1c(Br)csc1-c1nn(CC(=O)c2ccc3c(c2)OCO3)c(=O)o1. The molecular formula is C16H11BrN2O6S. The molecule has 1 aliphatic rings. The normalized spacial score (nSPS) is 12.4. The highest BCUT2D eigenvalue weighted by Gasteiger charge is 2.21. The van der Waals surface area contributed by atoms with Gasteiger partial charge in [0, 0.05) is 10.9 Å². The second kappa shape index (κ2) is 6.61. The standard InChI is InChI=1S/C16H11BrN2O6S/c1-22-13-9(17)6-26-14(13)15-18-19(16(21)25-15)5-10(20)8-2-3-11-12(4-8)24-7-23-11/h2-4,6H,5,7H2,1H3. The fraction of sp³-hybridized carbons (Fsp3) is 0.188. The Kier molecular flexibility index (Phi) is 4.29. The highest BCUT2D eigenvalue weighted by Crippen LogP contribution is 2.41. The van der Waals surface area contributed by atoms with Gasteiger partial charge in [-0.2, -0.15) is 4.68 Å². The van der Waals surface area contributed by atoms with Crippen LogP contribution in [0.15, 0.2) is 37.3 Å². The largest absolute Gasteiger partial charge is 0.494 e. The minimum Gasteiger partial charge on any atom is -0.494 e. The Bertz CT molecular complexity index is 1050. The number of benzene rings is 1. The number of hydrogen-bond donors (Lipinski definition) is 0. The average molecular weight is 439 g/mol. The average Bonchev–Trinajstić information content (AvgIpc) is 3.33. The van der Waals surface area contributed by atoms with Crippen molar-refractivity contribution in [2.24, 2.45) is 0 Å². The van der Waals surface area contributed by atoms with Crippen LogP contribution in [0.25, 0.3) is 10.8 Å². The lowest BCUT2D eigenvalue weighted by Crippen LogP contribution is -2.21. The molecule has 0 spiro atoms. The maximum Gasteiger partial charge on any atom is 0.437 e. The van der Waals surface area contributed by atoms with Gasteiger partial charge in [0.05, 0.1) is 11.6 Å². The van der Waals surface area contributed by atoms with Crippen molar-refractivity contribution in [1.82, 2.24) is 9.78 Å². The lowest BCUT2D eigenvalue weighted by Gasteiger charge is -2.02. The van der Waals surface area contributed by atoms with E-state index in [1.807, 2.05) is 0 Å². The van der Waals surface area contributed by atoms with E-state index in [1.54, 1.807) is 23.6 Å². The molecule has 8 nitrogen and oxygen atoms in total. The summed E-state index contributed by atoms with van der Waals surface area (Å²) in [6, 6.07) is 4.85. The van der Waals surface area contributed by atoms with Crippen molar-refractivity contribution in [2.75, 3.05) is 13.9 Å². The van der Waals surface area contributed by atoms with Gasteiger partial charge >= 0.3 is 5.76 Å². The number of rotatable bonds is 5. The van der Waals surface area contributed by atoms with Crippen LogP contribution in [0.2, 0.25) is 0 Å². The van der Waals surface area contributed by atoms with Gasteiger partial charge in [-0.15, -0.1) is 16.4 Å². The summed E-state index contributed by atoms with van der Waals surface area (Å²) in [6.45, 7) is -0.131. The number of thiophene rings is 1. The molecule has 2 aromatic heterocycles. The van der Waals surface area contributed by atoms with Crippen molar-refractivity contribution < 1.29 is 23.4 Å². The quantitative estimate of drug-likeness (QED) is 0.565. The molecule has 10 heteroatoms. The molecule has 0 N–H and O–H groups in total. The zero-order valence-corrected chi connectivity index (χ0v) is 15.8. The molecule has 1 aliphatic heterocycles. The lowest BCUT2D eigenvalue weighted by molar-refractivity contribution is 0.0964. The summed E-state index contributed by atoms with van der Waals surface area (Å²) in [6.07, 6.45) is 0. The molecule has 26 heavy (non-hydrogen) atoms. The highest BCUT2D eigenvalue weighted by atomic mass is 79.9. The molecule has 0 fully saturated rings. The molecule has 0 radical (unpaired) electrons. The van der Waals surface area contributed by atoms with Gasteiger partial charge in [0.2, 0.25) is 6.79 Å². The Hall–Kier alpha value is -2.59. The molecule has 0 unspecified atom stereocenters. The maximum atomic E-state index is 12.5. The Morgan fingerprint density at radius 3 is 3.00 bits per heavy atom. The predicted molar refractivity (Wildman–Crippen MR) is 95.2 cm³/mol. The third-order valence-corrected chi connectivity index (χ3v) is 5.54. The molecule has 0 bridgehead atoms. The first-order chi connectivity index (χ1) is 12.6. The van der Waals surface area contributed by atoms with Gasteiger partial charge in [-0.05, 0) is 34.1 Å². The zero-order valence-electron chi connectivity index (χ0n) is 13.4. The van der Waals surface area contributed by atoms with Crippen LogP contribution < -0.4 is 20.0 Å². The fourth-order valence-corrected chi connectivity index (χ4v) is 4.04. The maximum absolute atomic E-state index is 12.5. The van der Waals surface area contributed by atoms with E-state index in [1.165, 1.54) is 18.4 Å². The first-order valence-corrected chi connectivity index (χ1v) is 9.06. The Labute approximate surface area is 159 Å². The number of hydrogen-bond acceptors (Lipinski definition) is 8. The van der Waals surface area contributed by atoms with Crippen molar-refractivity contribution in [3.63, 3.8) is 0 Å². The molecule has 0 atom stereocenters. The van der Waals surface area contributed by atoms with Crippen molar-refractivity contribution in [1.29, 1.82) is 0 Å². The molecule has 1 aromatic carbocycles. The van der Waals surface area contributed by atoms with E-state index < -0.39 is 5.76 Å². The number of carbonyl (C=O) groups excluding carboxylic acids is 1. The van der Waals surface area contributed by atoms with Crippen LogP contribution in [0.5, 0.6) is 17.2 Å². The number of carbonyl (C=O) groups is 1. The number of fused-ring (bicyclic) bond motifs is 1. The summed E-state index contributed by atoms with van der Waals surface area (Å²) < 4.78 is 22.6. The second-order valence-corrected chi connectivity index (χ2v) is 7.00. The van der Waals surface area contributed by atoms with Gasteiger partial charge in [-0.1, -0.05) is 0 Å². The fourth-order valence-electron chi connectivity index (χ4n) is 2.46. The number of ether oxygens (including phenoxy) is 3. The molecular weight excluding hydrogens is 428 g/mol. The van der Waals surface area contributed by atoms with E-state index in [0.29, 0.717) is 27.7 Å². The Morgan fingerprint density at radius 1 is 1.38 bits per heavy atom. The third kappa shape index (κ3) is 2.90. The molecule has 0 amide bonds. The van der Waals surface area contributed by atoms with E-state index in [4.69, 9.17) is 18.6 Å². The van der Waals surface area contributed by atoms with Gasteiger partial charge < -0.3 is 18.6 Å². The van der Waals surface area contributed by atoms with Crippen LogP contribution in [0.1, 0.15) is 10.4 Å². The van der Waals surface area contributed by atoms with Crippen LogP contribution in [-0.4, -0.2) is 29.5 Å². The minimum absolute atomic E-state index is 0.0982. The Morgan fingerprint density at radius 2 is 2.19 bits per heavy atom. The third-order valence-electron chi connectivity index (χ3n) is 3.70. The monoisotopic (exact) mass is 438 g/mol. The molecule has 0 saturated carbocycles. The van der Waals surface area contributed by atoms with Gasteiger partial charge in [-0.3, -0.25) is 4.79 Å². The van der Waals surface area contributed by atoms with E-state index in [0.717, 1.165) is 9.15 Å². The minimum atomic E-state index is -0.722. The second-order valence-electron chi connectivity index (χ2n) is 5.27. The molecule has 3 heterocycles. The van der Waals surface area contributed by atoms with Gasteiger partial charge in [0.1, 0.15) is 11.4 Å². The molecule has 0 aliphatic carbocycles. The number of aromatic nitrogens is 2. The first kappa shape index (κ1) is 16.9. The summed E-state index contributed by atoms with van der Waals surface area (Å²) in [5.41, 5.74) is 0.391. The van der Waals surface area contributed by atoms with Crippen LogP contribution in [-0.2, 0) is 6.54 Å². The summed E-state index contributed by atoms with van der Waals surface area (Å²) in [5, 5.41) is 5.91. The first-order valence-electron chi connectivity index (χ1n) is 7.39. The summed E-state index contributed by atoms with van der Waals surface area (Å²) in [7, 11) is 1.51. The van der Waals surface area contributed by atoms with Crippen molar-refractivity contribution in [3.8, 4) is 28.0 Å². The number of halogens is 1. The van der Waals surface area contributed by atoms with Crippen LogP contribution in [0, 0.1) is 0 Å².